The molecule has 0 saturated heterocycles. The van der Waals surface area contributed by atoms with Gasteiger partial charge in [0.05, 0.1) is 29.5 Å². The largest absolute Gasteiger partial charge is 0.319 e. The van der Waals surface area contributed by atoms with Crippen LogP contribution in [0.3, 0.4) is 0 Å². The van der Waals surface area contributed by atoms with Gasteiger partial charge in [0.15, 0.2) is 0 Å². The SMILES string of the molecule is Cc1ccc(C(N)c2c(Cl)cnn2CCN(C)C)c(C)n1. The third-order valence-corrected chi connectivity index (χ3v) is 3.78. The Balaban J connectivity index is 2.34. The molecule has 5 nitrogen and oxygen atoms in total. The van der Waals surface area contributed by atoms with Crippen molar-refractivity contribution in [3.8, 4) is 0 Å². The van der Waals surface area contributed by atoms with Crippen LogP contribution in [0.25, 0.3) is 0 Å². The molecule has 6 heteroatoms. The number of hydrogen-bond donors (Lipinski definition) is 1. The lowest BCUT2D eigenvalue weighted by Crippen LogP contribution is -2.24. The van der Waals surface area contributed by atoms with E-state index in [2.05, 4.69) is 15.0 Å². The van der Waals surface area contributed by atoms with E-state index in [1.54, 1.807) is 6.20 Å². The molecule has 1 atom stereocenters. The molecule has 2 aromatic rings. The minimum atomic E-state index is -0.324. The number of likely N-dealkylation sites (N-methyl/N-ethyl adjacent to an activating group) is 1. The Morgan fingerprint density at radius 1 is 1.33 bits per heavy atom. The van der Waals surface area contributed by atoms with Crippen molar-refractivity contribution in [2.45, 2.75) is 26.4 Å². The Labute approximate surface area is 130 Å². The second-order valence-electron chi connectivity index (χ2n) is 5.51. The van der Waals surface area contributed by atoms with Crippen LogP contribution in [-0.2, 0) is 6.54 Å². The van der Waals surface area contributed by atoms with Gasteiger partial charge in [-0.15, -0.1) is 0 Å². The van der Waals surface area contributed by atoms with Gasteiger partial charge in [0.1, 0.15) is 0 Å². The molecular formula is C15H22ClN5. The van der Waals surface area contributed by atoms with E-state index >= 15 is 0 Å². The summed E-state index contributed by atoms with van der Waals surface area (Å²) in [7, 11) is 4.05. The molecule has 0 aromatic carbocycles. The number of nitrogens with two attached hydrogens (primary N) is 1. The molecule has 0 saturated carbocycles. The van der Waals surface area contributed by atoms with Gasteiger partial charge in [0, 0.05) is 17.9 Å². The summed E-state index contributed by atoms with van der Waals surface area (Å²) >= 11 is 6.29. The van der Waals surface area contributed by atoms with Gasteiger partial charge >= 0.3 is 0 Å². The maximum absolute atomic E-state index is 6.42. The Morgan fingerprint density at radius 3 is 2.67 bits per heavy atom. The van der Waals surface area contributed by atoms with Gasteiger partial charge in [-0.3, -0.25) is 9.67 Å². The highest BCUT2D eigenvalue weighted by molar-refractivity contribution is 6.31. The molecule has 1 unspecified atom stereocenters. The zero-order valence-electron chi connectivity index (χ0n) is 13.0. The van der Waals surface area contributed by atoms with Gasteiger partial charge in [0.2, 0.25) is 0 Å². The van der Waals surface area contributed by atoms with Crippen LogP contribution in [0.5, 0.6) is 0 Å². The van der Waals surface area contributed by atoms with Gasteiger partial charge in [-0.1, -0.05) is 17.7 Å². The molecule has 2 aromatic heterocycles. The van der Waals surface area contributed by atoms with Crippen LogP contribution in [0.1, 0.15) is 28.7 Å². The first-order chi connectivity index (χ1) is 9.90. The van der Waals surface area contributed by atoms with E-state index in [1.165, 1.54) is 0 Å². The lowest BCUT2D eigenvalue weighted by atomic mass is 10.0. The molecule has 2 rings (SSSR count). The third-order valence-electron chi connectivity index (χ3n) is 3.49. The molecule has 0 spiro atoms. The predicted molar refractivity (Wildman–Crippen MR) is 85.5 cm³/mol. The maximum atomic E-state index is 6.42. The van der Waals surface area contributed by atoms with Gasteiger partial charge in [-0.25, -0.2) is 0 Å². The number of aromatic nitrogens is 3. The summed E-state index contributed by atoms with van der Waals surface area (Å²) in [6.45, 7) is 5.57. The molecule has 0 fully saturated rings. The van der Waals surface area contributed by atoms with Gasteiger partial charge in [-0.05, 0) is 39.6 Å². The maximum Gasteiger partial charge on any atom is 0.0837 e. The Kier molecular flexibility index (Phi) is 4.98. The second kappa shape index (κ2) is 6.56. The predicted octanol–water partition coefficient (Wildman–Crippen LogP) is 2.16. The van der Waals surface area contributed by atoms with Crippen LogP contribution in [0.4, 0.5) is 0 Å². The summed E-state index contributed by atoms with van der Waals surface area (Å²) < 4.78 is 1.88. The molecular weight excluding hydrogens is 286 g/mol. The van der Waals surface area contributed by atoms with E-state index in [0.717, 1.165) is 35.7 Å². The zero-order valence-corrected chi connectivity index (χ0v) is 13.7. The van der Waals surface area contributed by atoms with Crippen LogP contribution >= 0.6 is 11.6 Å². The first-order valence-corrected chi connectivity index (χ1v) is 7.33. The van der Waals surface area contributed by atoms with Crippen molar-refractivity contribution < 1.29 is 0 Å². The number of rotatable bonds is 5. The third kappa shape index (κ3) is 3.61. The fourth-order valence-electron chi connectivity index (χ4n) is 2.33. The number of pyridine rings is 1. The smallest absolute Gasteiger partial charge is 0.0837 e. The molecule has 114 valence electrons. The summed E-state index contributed by atoms with van der Waals surface area (Å²) in [4.78, 5) is 6.58. The quantitative estimate of drug-likeness (QED) is 0.919. The lowest BCUT2D eigenvalue weighted by Gasteiger charge is -2.18. The monoisotopic (exact) mass is 307 g/mol. The van der Waals surface area contributed by atoms with E-state index in [4.69, 9.17) is 17.3 Å². The summed E-state index contributed by atoms with van der Waals surface area (Å²) in [5, 5.41) is 4.94. The standard InChI is InChI=1S/C15H22ClN5/c1-10-5-6-12(11(2)19-10)14(17)15-13(16)9-18-21(15)8-7-20(3)4/h5-6,9,14H,7-8,17H2,1-4H3. The Bertz CT molecular complexity index is 621. The lowest BCUT2D eigenvalue weighted by molar-refractivity contribution is 0.368. The van der Waals surface area contributed by atoms with Crippen LogP contribution in [0, 0.1) is 13.8 Å². The Hall–Kier alpha value is -1.43. The van der Waals surface area contributed by atoms with Crippen molar-refractivity contribution in [2.75, 3.05) is 20.6 Å². The van der Waals surface area contributed by atoms with E-state index in [-0.39, 0.29) is 6.04 Å². The topological polar surface area (TPSA) is 60.0 Å². The molecule has 0 aliphatic rings. The summed E-state index contributed by atoms with van der Waals surface area (Å²) in [6, 6.07) is 3.66. The highest BCUT2D eigenvalue weighted by Crippen LogP contribution is 2.27. The van der Waals surface area contributed by atoms with Crippen LogP contribution in [0.2, 0.25) is 5.02 Å². The van der Waals surface area contributed by atoms with E-state index in [0.29, 0.717) is 5.02 Å². The van der Waals surface area contributed by atoms with Gasteiger partial charge < -0.3 is 10.6 Å². The van der Waals surface area contributed by atoms with Crippen LogP contribution in [0.15, 0.2) is 18.3 Å². The molecule has 21 heavy (non-hydrogen) atoms. The van der Waals surface area contributed by atoms with Crippen LogP contribution in [-0.4, -0.2) is 40.3 Å². The van der Waals surface area contributed by atoms with Crippen molar-refractivity contribution in [1.82, 2.24) is 19.7 Å². The first kappa shape index (κ1) is 15.9. The van der Waals surface area contributed by atoms with E-state index in [9.17, 15) is 0 Å². The molecule has 0 radical (unpaired) electrons. The fourth-order valence-corrected chi connectivity index (χ4v) is 2.59. The van der Waals surface area contributed by atoms with Crippen molar-refractivity contribution in [3.05, 3.63) is 46.0 Å². The zero-order chi connectivity index (χ0) is 15.6. The minimum absolute atomic E-state index is 0.324. The fraction of sp³-hybridized carbons (Fsp3) is 0.467. The number of halogens is 1. The van der Waals surface area contributed by atoms with Gasteiger partial charge in [0.25, 0.3) is 0 Å². The molecule has 2 heterocycles. The molecule has 0 aliphatic heterocycles. The van der Waals surface area contributed by atoms with Gasteiger partial charge in [-0.2, -0.15) is 5.10 Å². The summed E-state index contributed by atoms with van der Waals surface area (Å²) in [5.74, 6) is 0. The minimum Gasteiger partial charge on any atom is -0.319 e. The van der Waals surface area contributed by atoms with Crippen molar-refractivity contribution in [2.24, 2.45) is 5.73 Å². The molecule has 2 N–H and O–H groups in total. The highest BCUT2D eigenvalue weighted by Gasteiger charge is 2.20. The number of nitrogens with zero attached hydrogens (tertiary/aromatic N) is 4. The molecule has 0 aliphatic carbocycles. The Morgan fingerprint density at radius 2 is 2.05 bits per heavy atom. The molecule has 0 bridgehead atoms. The van der Waals surface area contributed by atoms with Crippen LogP contribution < -0.4 is 5.73 Å². The van der Waals surface area contributed by atoms with E-state index in [1.807, 2.05) is 44.8 Å². The normalized spacial score (nSPS) is 12.9. The second-order valence-corrected chi connectivity index (χ2v) is 5.92. The highest BCUT2D eigenvalue weighted by atomic mass is 35.5. The van der Waals surface area contributed by atoms with Crippen molar-refractivity contribution >= 4 is 11.6 Å². The number of aryl methyl sites for hydroxylation is 2. The summed E-state index contributed by atoms with van der Waals surface area (Å²) in [6.07, 6.45) is 1.66. The van der Waals surface area contributed by atoms with Crippen molar-refractivity contribution in [1.29, 1.82) is 0 Å². The average Bonchev–Trinajstić information content (AvgIpc) is 2.77. The van der Waals surface area contributed by atoms with E-state index < -0.39 is 0 Å². The number of hydrogen-bond acceptors (Lipinski definition) is 4. The molecule has 0 amide bonds. The van der Waals surface area contributed by atoms with Crippen molar-refractivity contribution in [3.63, 3.8) is 0 Å². The summed E-state index contributed by atoms with van der Waals surface area (Å²) in [5.41, 5.74) is 10.2. The first-order valence-electron chi connectivity index (χ1n) is 6.95. The average molecular weight is 308 g/mol.